The molecule has 2 atom stereocenters. The Morgan fingerprint density at radius 1 is 1.45 bits per heavy atom. The molecule has 2 unspecified atom stereocenters. The van der Waals surface area contributed by atoms with E-state index in [9.17, 15) is 9.90 Å². The molecule has 0 saturated carbocycles. The SMILES string of the molecule is COc1cc(C23C=CC(=O)CC2N(C)CC3)ccc1O. The van der Waals surface area contributed by atoms with Crippen LogP contribution in [0.15, 0.2) is 30.4 Å². The quantitative estimate of drug-likeness (QED) is 0.893. The Bertz CT molecular complexity index is 581. The number of likely N-dealkylation sites (tertiary alicyclic amines) is 1. The summed E-state index contributed by atoms with van der Waals surface area (Å²) in [5, 5.41) is 9.76. The van der Waals surface area contributed by atoms with Crippen LogP contribution in [0.5, 0.6) is 11.5 Å². The molecule has 1 heterocycles. The van der Waals surface area contributed by atoms with E-state index in [0.29, 0.717) is 12.2 Å². The van der Waals surface area contributed by atoms with Crippen LogP contribution in [0.2, 0.25) is 0 Å². The van der Waals surface area contributed by atoms with Crippen molar-refractivity contribution >= 4 is 5.78 Å². The molecule has 3 rings (SSSR count). The Kier molecular flexibility index (Phi) is 3.05. The van der Waals surface area contributed by atoms with Crippen molar-refractivity contribution in [1.82, 2.24) is 4.90 Å². The molecule has 2 aliphatic rings. The van der Waals surface area contributed by atoms with E-state index in [1.54, 1.807) is 19.3 Å². The van der Waals surface area contributed by atoms with Gasteiger partial charge in [-0.05, 0) is 43.8 Å². The molecule has 1 fully saturated rings. The highest BCUT2D eigenvalue weighted by Gasteiger charge is 2.48. The number of benzene rings is 1. The van der Waals surface area contributed by atoms with E-state index in [2.05, 4.69) is 11.9 Å². The smallest absolute Gasteiger partial charge is 0.160 e. The average molecular weight is 273 g/mol. The molecular formula is C16H19NO3. The molecule has 0 radical (unpaired) electrons. The van der Waals surface area contributed by atoms with Crippen LogP contribution in [0.4, 0.5) is 0 Å². The van der Waals surface area contributed by atoms with Crippen molar-refractivity contribution in [1.29, 1.82) is 0 Å². The molecule has 106 valence electrons. The number of hydrogen-bond donors (Lipinski definition) is 1. The molecule has 0 amide bonds. The number of allylic oxidation sites excluding steroid dienone is 1. The molecule has 1 aromatic carbocycles. The van der Waals surface area contributed by atoms with Gasteiger partial charge in [-0.1, -0.05) is 12.1 Å². The lowest BCUT2D eigenvalue weighted by molar-refractivity contribution is -0.116. The zero-order valence-corrected chi connectivity index (χ0v) is 11.8. The number of methoxy groups -OCH3 is 1. The second-order valence-electron chi connectivity index (χ2n) is 5.68. The summed E-state index contributed by atoms with van der Waals surface area (Å²) in [6.45, 7) is 0.964. The summed E-state index contributed by atoms with van der Waals surface area (Å²) < 4.78 is 5.21. The summed E-state index contributed by atoms with van der Waals surface area (Å²) in [7, 11) is 3.62. The number of ketones is 1. The van der Waals surface area contributed by atoms with Crippen LogP contribution >= 0.6 is 0 Å². The standard InChI is InChI=1S/C16H19NO3/c1-17-8-7-16(6-5-12(18)10-15(16)17)11-3-4-13(19)14(9-11)20-2/h3-6,9,15,19H,7-8,10H2,1-2H3. The highest BCUT2D eigenvalue weighted by molar-refractivity contribution is 5.92. The van der Waals surface area contributed by atoms with Gasteiger partial charge < -0.3 is 14.7 Å². The summed E-state index contributed by atoms with van der Waals surface area (Å²) in [6, 6.07) is 5.68. The van der Waals surface area contributed by atoms with Crippen molar-refractivity contribution in [3.8, 4) is 11.5 Å². The van der Waals surface area contributed by atoms with Gasteiger partial charge in [0, 0.05) is 17.9 Å². The highest BCUT2D eigenvalue weighted by Crippen LogP contribution is 2.46. The number of hydrogen-bond acceptors (Lipinski definition) is 4. The highest BCUT2D eigenvalue weighted by atomic mass is 16.5. The maximum atomic E-state index is 11.7. The third-order valence-electron chi connectivity index (χ3n) is 4.68. The van der Waals surface area contributed by atoms with Crippen LogP contribution in [0, 0.1) is 0 Å². The second kappa shape index (κ2) is 4.63. The van der Waals surface area contributed by atoms with Crippen molar-refractivity contribution in [3.63, 3.8) is 0 Å². The number of phenolic OH excluding ortho intramolecular Hbond substituents is 1. The molecule has 1 saturated heterocycles. The minimum Gasteiger partial charge on any atom is -0.504 e. The van der Waals surface area contributed by atoms with Crippen molar-refractivity contribution in [3.05, 3.63) is 35.9 Å². The molecule has 0 aromatic heterocycles. The summed E-state index contributed by atoms with van der Waals surface area (Å²) >= 11 is 0. The number of carbonyl (C=O) groups excluding carboxylic acids is 1. The fourth-order valence-corrected chi connectivity index (χ4v) is 3.51. The van der Waals surface area contributed by atoms with Gasteiger partial charge in [-0.2, -0.15) is 0 Å². The Balaban J connectivity index is 2.10. The van der Waals surface area contributed by atoms with Gasteiger partial charge in [0.25, 0.3) is 0 Å². The maximum absolute atomic E-state index is 11.7. The molecule has 0 spiro atoms. The second-order valence-corrected chi connectivity index (χ2v) is 5.68. The molecule has 4 nitrogen and oxygen atoms in total. The summed E-state index contributed by atoms with van der Waals surface area (Å²) in [5.74, 6) is 0.812. The van der Waals surface area contributed by atoms with Crippen molar-refractivity contribution < 1.29 is 14.6 Å². The first-order valence-electron chi connectivity index (χ1n) is 6.86. The van der Waals surface area contributed by atoms with Crippen molar-refractivity contribution in [2.24, 2.45) is 0 Å². The van der Waals surface area contributed by atoms with Crippen LogP contribution in [0.1, 0.15) is 18.4 Å². The monoisotopic (exact) mass is 273 g/mol. The number of ether oxygens (including phenoxy) is 1. The van der Waals surface area contributed by atoms with Gasteiger partial charge in [-0.3, -0.25) is 4.79 Å². The molecule has 1 N–H and O–H groups in total. The van der Waals surface area contributed by atoms with Crippen LogP contribution in [-0.4, -0.2) is 42.5 Å². The van der Waals surface area contributed by atoms with E-state index in [1.807, 2.05) is 18.2 Å². The first-order chi connectivity index (χ1) is 9.56. The van der Waals surface area contributed by atoms with Gasteiger partial charge in [0.05, 0.1) is 7.11 Å². The Morgan fingerprint density at radius 3 is 3.00 bits per heavy atom. The minimum absolute atomic E-state index is 0.145. The van der Waals surface area contributed by atoms with Crippen molar-refractivity contribution in [2.45, 2.75) is 24.3 Å². The van der Waals surface area contributed by atoms with Gasteiger partial charge in [-0.15, -0.1) is 0 Å². The first-order valence-corrected chi connectivity index (χ1v) is 6.86. The lowest BCUT2D eigenvalue weighted by atomic mass is 9.69. The van der Waals surface area contributed by atoms with Crippen molar-refractivity contribution in [2.75, 3.05) is 20.7 Å². The third kappa shape index (κ3) is 1.83. The zero-order chi connectivity index (χ0) is 14.3. The normalized spacial score (nSPS) is 29.5. The molecule has 0 bridgehead atoms. The summed E-state index contributed by atoms with van der Waals surface area (Å²) in [6.07, 6.45) is 5.27. The van der Waals surface area contributed by atoms with E-state index < -0.39 is 0 Å². The first kappa shape index (κ1) is 13.2. The number of likely N-dealkylation sites (N-methyl/N-ethyl adjacent to an activating group) is 1. The summed E-state index contributed by atoms with van der Waals surface area (Å²) in [5.41, 5.74) is 0.953. The minimum atomic E-state index is -0.149. The van der Waals surface area contributed by atoms with E-state index >= 15 is 0 Å². The lowest BCUT2D eigenvalue weighted by Gasteiger charge is -2.37. The van der Waals surface area contributed by atoms with Gasteiger partial charge >= 0.3 is 0 Å². The Labute approximate surface area is 118 Å². The molecule has 20 heavy (non-hydrogen) atoms. The van der Waals surface area contributed by atoms with Gasteiger partial charge in [0.2, 0.25) is 0 Å². The van der Waals surface area contributed by atoms with Crippen LogP contribution in [0.3, 0.4) is 0 Å². The van der Waals surface area contributed by atoms with Crippen LogP contribution in [-0.2, 0) is 10.2 Å². The fraction of sp³-hybridized carbons (Fsp3) is 0.438. The van der Waals surface area contributed by atoms with Gasteiger partial charge in [-0.25, -0.2) is 0 Å². The topological polar surface area (TPSA) is 49.8 Å². The number of fused-ring (bicyclic) bond motifs is 1. The number of rotatable bonds is 2. The molecule has 1 aliphatic carbocycles. The van der Waals surface area contributed by atoms with Crippen LogP contribution in [0.25, 0.3) is 0 Å². The number of carbonyl (C=O) groups is 1. The van der Waals surface area contributed by atoms with E-state index in [-0.39, 0.29) is 23.0 Å². The summed E-state index contributed by atoms with van der Waals surface area (Å²) in [4.78, 5) is 14.0. The molecule has 4 heteroatoms. The number of aromatic hydroxyl groups is 1. The van der Waals surface area contributed by atoms with Crippen LogP contribution < -0.4 is 4.74 Å². The predicted molar refractivity (Wildman–Crippen MR) is 76.1 cm³/mol. The van der Waals surface area contributed by atoms with E-state index in [4.69, 9.17) is 4.74 Å². The number of nitrogens with zero attached hydrogens (tertiary/aromatic N) is 1. The Morgan fingerprint density at radius 2 is 2.25 bits per heavy atom. The van der Waals surface area contributed by atoms with E-state index in [0.717, 1.165) is 18.5 Å². The lowest BCUT2D eigenvalue weighted by Crippen LogP contribution is -2.43. The molecule has 1 aliphatic heterocycles. The fourth-order valence-electron chi connectivity index (χ4n) is 3.51. The third-order valence-corrected chi connectivity index (χ3v) is 4.68. The van der Waals surface area contributed by atoms with Gasteiger partial charge in [0.1, 0.15) is 0 Å². The molecule has 1 aromatic rings. The maximum Gasteiger partial charge on any atom is 0.160 e. The van der Waals surface area contributed by atoms with E-state index in [1.165, 1.54) is 0 Å². The average Bonchev–Trinajstić information content (AvgIpc) is 2.78. The van der Waals surface area contributed by atoms with Gasteiger partial charge in [0.15, 0.2) is 17.3 Å². The molecular weight excluding hydrogens is 254 g/mol. The Hall–Kier alpha value is -1.81. The predicted octanol–water partition coefficient (Wildman–Crippen LogP) is 1.87. The number of phenols is 1. The zero-order valence-electron chi connectivity index (χ0n) is 11.8. The largest absolute Gasteiger partial charge is 0.504 e.